The molecule has 0 saturated carbocycles. The Morgan fingerprint density at radius 3 is 2.38 bits per heavy atom. The first-order valence-corrected chi connectivity index (χ1v) is 10.4. The zero-order valence-corrected chi connectivity index (χ0v) is 17.7. The van der Waals surface area contributed by atoms with E-state index in [4.69, 9.17) is 13.9 Å². The van der Waals surface area contributed by atoms with Crippen molar-refractivity contribution in [1.29, 1.82) is 0 Å². The predicted octanol–water partition coefficient (Wildman–Crippen LogP) is 4.87. The first kappa shape index (κ1) is 19.8. The summed E-state index contributed by atoms with van der Waals surface area (Å²) >= 11 is 0. The SMILES string of the molecule is COc1cc2ccc(=O)oc2cc1OCc1cc[n+](Cc2ccc3ccccc3c2)cc1. The third-order valence-electron chi connectivity index (χ3n) is 5.44. The van der Waals surface area contributed by atoms with Gasteiger partial charge in [0.05, 0.1) is 7.11 Å². The number of pyridine rings is 1. The molecule has 5 heteroatoms. The fourth-order valence-electron chi connectivity index (χ4n) is 3.75. The van der Waals surface area contributed by atoms with Gasteiger partial charge in [0.1, 0.15) is 12.2 Å². The number of hydrogen-bond acceptors (Lipinski definition) is 4. The lowest BCUT2D eigenvalue weighted by Gasteiger charge is -2.11. The summed E-state index contributed by atoms with van der Waals surface area (Å²) in [6, 6.07) is 25.6. The van der Waals surface area contributed by atoms with E-state index in [1.165, 1.54) is 22.4 Å². The van der Waals surface area contributed by atoms with Crippen molar-refractivity contribution in [2.45, 2.75) is 13.2 Å². The first-order chi connectivity index (χ1) is 15.7. The van der Waals surface area contributed by atoms with E-state index in [1.54, 1.807) is 25.3 Å². The lowest BCUT2D eigenvalue weighted by Crippen LogP contribution is -2.33. The van der Waals surface area contributed by atoms with Crippen LogP contribution in [0.2, 0.25) is 0 Å². The lowest BCUT2D eigenvalue weighted by molar-refractivity contribution is -0.688. The standard InChI is InChI=1S/C27H22NO4/c1-30-25-15-23-8-9-27(29)32-24(23)16-26(25)31-18-19-10-12-28(13-11-19)17-20-6-7-21-4-2-3-5-22(21)14-20/h2-16H,17-18H2,1H3/q+1. The van der Waals surface area contributed by atoms with Crippen LogP contribution in [-0.4, -0.2) is 7.11 Å². The summed E-state index contributed by atoms with van der Waals surface area (Å²) in [6.45, 7) is 1.17. The summed E-state index contributed by atoms with van der Waals surface area (Å²) in [5.41, 5.74) is 2.35. The molecule has 5 aromatic rings. The molecule has 2 heterocycles. The Balaban J connectivity index is 1.30. The zero-order valence-electron chi connectivity index (χ0n) is 17.7. The summed E-state index contributed by atoms with van der Waals surface area (Å²) in [5, 5.41) is 3.27. The van der Waals surface area contributed by atoms with Crippen molar-refractivity contribution in [3.05, 3.63) is 113 Å². The molecule has 0 amide bonds. The minimum absolute atomic E-state index is 0.371. The first-order valence-electron chi connectivity index (χ1n) is 10.4. The van der Waals surface area contributed by atoms with E-state index in [1.807, 2.05) is 24.5 Å². The number of benzene rings is 3. The van der Waals surface area contributed by atoms with Gasteiger partial charge >= 0.3 is 5.63 Å². The van der Waals surface area contributed by atoms with Crippen LogP contribution in [-0.2, 0) is 13.2 Å². The second-order valence-corrected chi connectivity index (χ2v) is 7.64. The molecule has 0 unspecified atom stereocenters. The number of fused-ring (bicyclic) bond motifs is 2. The summed E-state index contributed by atoms with van der Waals surface area (Å²) in [5.74, 6) is 1.12. The molecule has 0 aliphatic carbocycles. The minimum Gasteiger partial charge on any atom is -0.493 e. The summed E-state index contributed by atoms with van der Waals surface area (Å²) in [7, 11) is 1.59. The third-order valence-corrected chi connectivity index (χ3v) is 5.44. The summed E-state index contributed by atoms with van der Waals surface area (Å²) in [6.07, 6.45) is 4.09. The molecule has 0 N–H and O–H groups in total. The Morgan fingerprint density at radius 2 is 1.56 bits per heavy atom. The van der Waals surface area contributed by atoms with Crippen LogP contribution in [0.15, 0.2) is 100 Å². The maximum atomic E-state index is 11.5. The van der Waals surface area contributed by atoms with Crippen LogP contribution in [0.25, 0.3) is 21.7 Å². The Hall–Kier alpha value is -4.12. The highest BCUT2D eigenvalue weighted by Gasteiger charge is 2.10. The average Bonchev–Trinajstić information content (AvgIpc) is 2.83. The minimum atomic E-state index is -0.396. The number of rotatable bonds is 6. The largest absolute Gasteiger partial charge is 0.493 e. The van der Waals surface area contributed by atoms with Crippen molar-refractivity contribution < 1.29 is 18.5 Å². The molecule has 0 spiro atoms. The normalized spacial score (nSPS) is 11.0. The molecule has 0 atom stereocenters. The van der Waals surface area contributed by atoms with Crippen molar-refractivity contribution in [3.63, 3.8) is 0 Å². The quantitative estimate of drug-likeness (QED) is 0.288. The van der Waals surface area contributed by atoms with Gasteiger partial charge in [-0.05, 0) is 29.0 Å². The second-order valence-electron chi connectivity index (χ2n) is 7.64. The van der Waals surface area contributed by atoms with Gasteiger partial charge in [-0.15, -0.1) is 0 Å². The van der Waals surface area contributed by atoms with Crippen LogP contribution in [0.1, 0.15) is 11.1 Å². The number of aromatic nitrogens is 1. The molecular formula is C27H22NO4+. The smallest absolute Gasteiger partial charge is 0.336 e. The highest BCUT2D eigenvalue weighted by molar-refractivity contribution is 5.83. The Morgan fingerprint density at radius 1 is 0.781 bits per heavy atom. The van der Waals surface area contributed by atoms with Crippen LogP contribution in [0.5, 0.6) is 11.5 Å². The molecule has 32 heavy (non-hydrogen) atoms. The maximum absolute atomic E-state index is 11.5. The van der Waals surface area contributed by atoms with Crippen molar-refractivity contribution >= 4 is 21.7 Å². The average molecular weight is 424 g/mol. The third kappa shape index (κ3) is 4.18. The monoisotopic (exact) mass is 424 g/mol. The van der Waals surface area contributed by atoms with E-state index in [0.29, 0.717) is 23.7 Å². The van der Waals surface area contributed by atoms with Gasteiger partial charge in [-0.25, -0.2) is 9.36 Å². The highest BCUT2D eigenvalue weighted by Crippen LogP contribution is 2.32. The molecule has 5 nitrogen and oxygen atoms in total. The fourth-order valence-corrected chi connectivity index (χ4v) is 3.75. The lowest BCUT2D eigenvalue weighted by atomic mass is 10.1. The summed E-state index contributed by atoms with van der Waals surface area (Å²) in [4.78, 5) is 11.5. The number of hydrogen-bond donors (Lipinski definition) is 0. The second kappa shape index (κ2) is 8.55. The molecule has 0 saturated heterocycles. The number of ether oxygens (including phenoxy) is 2. The molecule has 5 rings (SSSR count). The molecule has 0 radical (unpaired) electrons. The Bertz CT molecular complexity index is 1450. The van der Waals surface area contributed by atoms with Crippen LogP contribution < -0.4 is 19.7 Å². The Kier molecular flexibility index (Phi) is 5.30. The molecular weight excluding hydrogens is 402 g/mol. The number of nitrogens with zero attached hydrogens (tertiary/aromatic N) is 1. The van der Waals surface area contributed by atoms with Crippen LogP contribution in [0.3, 0.4) is 0 Å². The topological polar surface area (TPSA) is 52.6 Å². The number of methoxy groups -OCH3 is 1. The van der Waals surface area contributed by atoms with Gasteiger partial charge in [0.15, 0.2) is 30.4 Å². The van der Waals surface area contributed by atoms with E-state index < -0.39 is 5.63 Å². The van der Waals surface area contributed by atoms with Crippen LogP contribution in [0.4, 0.5) is 0 Å². The van der Waals surface area contributed by atoms with Crippen LogP contribution >= 0.6 is 0 Å². The van der Waals surface area contributed by atoms with Gasteiger partial charge in [-0.2, -0.15) is 0 Å². The fraction of sp³-hybridized carbons (Fsp3) is 0.111. The van der Waals surface area contributed by atoms with Crippen molar-refractivity contribution in [3.8, 4) is 11.5 Å². The van der Waals surface area contributed by atoms with Gasteiger partial charge in [-0.1, -0.05) is 36.4 Å². The van der Waals surface area contributed by atoms with E-state index in [2.05, 4.69) is 47.0 Å². The molecule has 0 aliphatic rings. The zero-order chi connectivity index (χ0) is 21.9. The summed E-state index contributed by atoms with van der Waals surface area (Å²) < 4.78 is 18.8. The van der Waals surface area contributed by atoms with Gasteiger partial charge < -0.3 is 13.9 Å². The molecule has 0 fully saturated rings. The van der Waals surface area contributed by atoms with Gasteiger partial charge in [-0.3, -0.25) is 0 Å². The van der Waals surface area contributed by atoms with Crippen LogP contribution in [0, 0.1) is 0 Å². The molecule has 158 valence electrons. The highest BCUT2D eigenvalue weighted by atomic mass is 16.5. The van der Waals surface area contributed by atoms with Gasteiger partial charge in [0, 0.05) is 40.8 Å². The Labute approximate surface area is 185 Å². The van der Waals surface area contributed by atoms with Gasteiger partial charge in [0.25, 0.3) is 0 Å². The molecule has 0 bridgehead atoms. The van der Waals surface area contributed by atoms with Crippen molar-refractivity contribution in [2.24, 2.45) is 0 Å². The molecule has 2 aromatic heterocycles. The van der Waals surface area contributed by atoms with Crippen molar-refractivity contribution in [1.82, 2.24) is 0 Å². The predicted molar refractivity (Wildman–Crippen MR) is 123 cm³/mol. The van der Waals surface area contributed by atoms with E-state index in [-0.39, 0.29) is 0 Å². The van der Waals surface area contributed by atoms with E-state index in [9.17, 15) is 4.79 Å². The van der Waals surface area contributed by atoms with E-state index in [0.717, 1.165) is 17.5 Å². The maximum Gasteiger partial charge on any atom is 0.336 e. The molecule has 3 aromatic carbocycles. The molecule has 0 aliphatic heterocycles. The van der Waals surface area contributed by atoms with Gasteiger partial charge in [0.2, 0.25) is 0 Å². The van der Waals surface area contributed by atoms with E-state index >= 15 is 0 Å². The van der Waals surface area contributed by atoms with Crippen molar-refractivity contribution in [2.75, 3.05) is 7.11 Å².